The molecule has 1 aliphatic carbocycles. The van der Waals surface area contributed by atoms with Crippen LogP contribution in [0.3, 0.4) is 0 Å². The molecular formula is C27H30ClF3N2O5S2. The molecule has 1 aliphatic rings. The number of carbonyl (C=O) groups excluding carboxylic acids is 1. The first-order valence-electron chi connectivity index (χ1n) is 12.6. The van der Waals surface area contributed by atoms with E-state index in [0.717, 1.165) is 31.4 Å². The number of carboxylic acids is 1. The van der Waals surface area contributed by atoms with Crippen molar-refractivity contribution >= 4 is 56.2 Å². The third-order valence-corrected chi connectivity index (χ3v) is 8.92. The first-order chi connectivity index (χ1) is 18.6. The molecule has 218 valence electrons. The van der Waals surface area contributed by atoms with Crippen LogP contribution in [0.25, 0.3) is 0 Å². The number of nitrogens with one attached hydrogen (secondary N) is 2. The Bertz CT molecular complexity index is 1360. The van der Waals surface area contributed by atoms with Crippen molar-refractivity contribution in [3.63, 3.8) is 0 Å². The summed E-state index contributed by atoms with van der Waals surface area (Å²) in [5.74, 6) is -1.81. The number of hydrogen-bond acceptors (Lipinski definition) is 5. The smallest absolute Gasteiger partial charge is 0.416 e. The fraction of sp³-hybridized carbons (Fsp3) is 0.444. The van der Waals surface area contributed by atoms with Crippen molar-refractivity contribution in [2.45, 2.75) is 57.2 Å². The van der Waals surface area contributed by atoms with Crippen molar-refractivity contribution in [1.29, 1.82) is 0 Å². The molecule has 0 saturated heterocycles. The van der Waals surface area contributed by atoms with Crippen LogP contribution in [-0.2, 0) is 27.2 Å². The molecule has 0 aliphatic heterocycles. The Labute approximate surface area is 241 Å². The molecule has 3 N–H and O–H groups in total. The van der Waals surface area contributed by atoms with Crippen LogP contribution < -0.4 is 10.6 Å². The summed E-state index contributed by atoms with van der Waals surface area (Å²) >= 11 is 11.5. The van der Waals surface area contributed by atoms with E-state index in [1.807, 2.05) is 0 Å². The molecule has 40 heavy (non-hydrogen) atoms. The van der Waals surface area contributed by atoms with E-state index < -0.39 is 39.5 Å². The highest BCUT2D eigenvalue weighted by Crippen LogP contribution is 2.46. The van der Waals surface area contributed by atoms with E-state index in [0.29, 0.717) is 41.6 Å². The summed E-state index contributed by atoms with van der Waals surface area (Å²) in [5, 5.41) is 15.2. The minimum Gasteiger partial charge on any atom is -0.480 e. The third-order valence-electron chi connectivity index (χ3n) is 7.01. The molecule has 0 heterocycles. The van der Waals surface area contributed by atoms with Gasteiger partial charge in [-0.25, -0.2) is 13.2 Å². The number of anilines is 1. The van der Waals surface area contributed by atoms with E-state index in [1.54, 1.807) is 12.1 Å². The van der Waals surface area contributed by atoms with Crippen LogP contribution in [0.1, 0.15) is 60.0 Å². The van der Waals surface area contributed by atoms with Gasteiger partial charge in [0.2, 0.25) is 0 Å². The second-order valence-electron chi connectivity index (χ2n) is 10.1. The molecule has 13 heteroatoms. The number of amides is 1. The maximum atomic E-state index is 13.0. The Morgan fingerprint density at radius 3 is 2.30 bits per heavy atom. The summed E-state index contributed by atoms with van der Waals surface area (Å²) in [5.41, 5.74) is -0.737. The summed E-state index contributed by atoms with van der Waals surface area (Å²) in [4.78, 5) is 25.0. The van der Waals surface area contributed by atoms with Gasteiger partial charge in [0.05, 0.1) is 21.1 Å². The van der Waals surface area contributed by atoms with Gasteiger partial charge in [-0.3, -0.25) is 4.79 Å². The molecule has 7 nitrogen and oxygen atoms in total. The number of hydrogen-bond donors (Lipinski definition) is 3. The average molecular weight is 619 g/mol. The van der Waals surface area contributed by atoms with Gasteiger partial charge in [0.15, 0.2) is 0 Å². The van der Waals surface area contributed by atoms with Crippen LogP contribution in [0.2, 0.25) is 5.02 Å². The molecule has 2 aromatic rings. The summed E-state index contributed by atoms with van der Waals surface area (Å²) < 4.78 is 61.9. The SMILES string of the molecule is CS(=O)(=O)CCCCC1(C(=S)N[C@@H](Cc2ccc(NC(=O)c3cc(C(F)(F)F)ccc3Cl)cc2)C(=O)O)CCC1. The van der Waals surface area contributed by atoms with Crippen molar-refractivity contribution in [2.24, 2.45) is 5.41 Å². The van der Waals surface area contributed by atoms with Crippen LogP contribution in [0.4, 0.5) is 18.9 Å². The first kappa shape index (κ1) is 31.8. The Morgan fingerprint density at radius 2 is 1.77 bits per heavy atom. The Morgan fingerprint density at radius 1 is 1.12 bits per heavy atom. The maximum absolute atomic E-state index is 13.0. The quantitative estimate of drug-likeness (QED) is 0.200. The number of halogens is 4. The van der Waals surface area contributed by atoms with Gasteiger partial charge >= 0.3 is 12.1 Å². The standard InChI is InChI=1S/C27H30ClF3N2O5S2/c1-40(37,38)14-3-2-11-26(12-4-13-26)25(39)33-22(24(35)36)15-17-5-8-19(9-6-17)32-23(34)20-16-18(27(29,30)31)7-10-21(20)28/h5-10,16,22H,2-4,11-15H2,1H3,(H,32,34)(H,33,39)(H,35,36)/t22-/m0/s1. The molecule has 1 atom stereocenters. The van der Waals surface area contributed by atoms with Crippen molar-refractivity contribution in [1.82, 2.24) is 5.32 Å². The number of sulfone groups is 1. The Kier molecular flexibility index (Phi) is 10.2. The summed E-state index contributed by atoms with van der Waals surface area (Å²) in [7, 11) is -3.05. The third kappa shape index (κ3) is 8.65. The minimum atomic E-state index is -4.63. The lowest BCUT2D eigenvalue weighted by molar-refractivity contribution is -0.139. The van der Waals surface area contributed by atoms with E-state index in [4.69, 9.17) is 23.8 Å². The summed E-state index contributed by atoms with van der Waals surface area (Å²) in [6, 6.07) is 7.71. The zero-order valence-corrected chi connectivity index (χ0v) is 24.1. The fourth-order valence-corrected chi connectivity index (χ4v) is 5.95. The molecule has 0 bridgehead atoms. The maximum Gasteiger partial charge on any atom is 0.416 e. The molecule has 2 aromatic carbocycles. The number of rotatable bonds is 12. The normalized spacial score (nSPS) is 15.5. The number of benzene rings is 2. The fourth-order valence-electron chi connectivity index (χ4n) is 4.57. The predicted molar refractivity (Wildman–Crippen MR) is 152 cm³/mol. The lowest BCUT2D eigenvalue weighted by Gasteiger charge is -2.43. The topological polar surface area (TPSA) is 113 Å². The van der Waals surface area contributed by atoms with Crippen LogP contribution >= 0.6 is 23.8 Å². The number of carbonyl (C=O) groups is 2. The van der Waals surface area contributed by atoms with Gasteiger partial charge in [0.25, 0.3) is 5.91 Å². The van der Waals surface area contributed by atoms with Gasteiger partial charge in [-0.15, -0.1) is 0 Å². The van der Waals surface area contributed by atoms with E-state index in [-0.39, 0.29) is 28.2 Å². The number of thiocarbonyl (C=S) groups is 1. The molecule has 1 amide bonds. The highest BCUT2D eigenvalue weighted by molar-refractivity contribution is 7.90. The monoisotopic (exact) mass is 618 g/mol. The predicted octanol–water partition coefficient (Wildman–Crippen LogP) is 5.91. The van der Waals surface area contributed by atoms with Gasteiger partial charge in [0, 0.05) is 29.5 Å². The molecule has 0 spiro atoms. The van der Waals surface area contributed by atoms with Gasteiger partial charge in [-0.1, -0.05) is 48.8 Å². The van der Waals surface area contributed by atoms with Crippen LogP contribution in [0.5, 0.6) is 0 Å². The molecule has 0 aromatic heterocycles. The van der Waals surface area contributed by atoms with E-state index in [2.05, 4.69) is 10.6 Å². The van der Waals surface area contributed by atoms with E-state index >= 15 is 0 Å². The van der Waals surface area contributed by atoms with Crippen molar-refractivity contribution in [3.05, 3.63) is 64.2 Å². The molecule has 3 rings (SSSR count). The zero-order valence-electron chi connectivity index (χ0n) is 21.7. The van der Waals surface area contributed by atoms with Crippen LogP contribution in [0, 0.1) is 5.41 Å². The lowest BCUT2D eigenvalue weighted by atomic mass is 9.65. The molecule has 1 fully saturated rings. The average Bonchev–Trinajstić information content (AvgIpc) is 2.82. The summed E-state index contributed by atoms with van der Waals surface area (Å²) in [6.45, 7) is 0. The van der Waals surface area contributed by atoms with Crippen molar-refractivity contribution < 1.29 is 36.3 Å². The minimum absolute atomic E-state index is 0.0906. The highest BCUT2D eigenvalue weighted by Gasteiger charge is 2.41. The molecule has 0 radical (unpaired) electrons. The van der Waals surface area contributed by atoms with E-state index in [1.165, 1.54) is 18.4 Å². The molecule has 1 saturated carbocycles. The van der Waals surface area contributed by atoms with Gasteiger partial charge in [-0.05, 0) is 61.6 Å². The largest absolute Gasteiger partial charge is 0.480 e. The number of alkyl halides is 3. The summed E-state index contributed by atoms with van der Waals surface area (Å²) in [6.07, 6.45) is 1.13. The Balaban J connectivity index is 1.62. The highest BCUT2D eigenvalue weighted by atomic mass is 35.5. The molecule has 0 unspecified atom stereocenters. The van der Waals surface area contributed by atoms with Crippen molar-refractivity contribution in [2.75, 3.05) is 17.3 Å². The number of carboxylic acid groups (broad SMARTS) is 1. The van der Waals surface area contributed by atoms with Crippen LogP contribution in [-0.4, -0.2) is 48.4 Å². The molecular weight excluding hydrogens is 589 g/mol. The van der Waals surface area contributed by atoms with Gasteiger partial charge in [0.1, 0.15) is 15.9 Å². The second kappa shape index (κ2) is 12.9. The zero-order chi connectivity index (χ0) is 29.7. The van der Waals surface area contributed by atoms with Gasteiger partial charge < -0.3 is 15.7 Å². The second-order valence-corrected chi connectivity index (χ2v) is 13.2. The van der Waals surface area contributed by atoms with E-state index in [9.17, 15) is 36.3 Å². The van der Waals surface area contributed by atoms with Crippen molar-refractivity contribution in [3.8, 4) is 0 Å². The number of aliphatic carboxylic acids is 1. The lowest BCUT2D eigenvalue weighted by Crippen LogP contribution is -2.51. The Hall–Kier alpha value is -2.70. The van der Waals surface area contributed by atoms with Gasteiger partial charge in [-0.2, -0.15) is 13.2 Å². The van der Waals surface area contributed by atoms with Crippen LogP contribution in [0.15, 0.2) is 42.5 Å². The number of unbranched alkanes of at least 4 members (excludes halogenated alkanes) is 1. The first-order valence-corrected chi connectivity index (χ1v) is 15.4.